The van der Waals surface area contributed by atoms with Crippen molar-refractivity contribution in [3.63, 3.8) is 0 Å². The number of aldehydes is 1. The van der Waals surface area contributed by atoms with Crippen molar-refractivity contribution in [3.8, 4) is 5.75 Å². The van der Waals surface area contributed by atoms with E-state index in [9.17, 15) is 4.79 Å². The summed E-state index contributed by atoms with van der Waals surface area (Å²) in [5, 5.41) is 4.29. The highest BCUT2D eigenvalue weighted by atomic mass is 16.5. The van der Waals surface area contributed by atoms with Gasteiger partial charge in [-0.15, -0.1) is 0 Å². The zero-order valence-electron chi connectivity index (χ0n) is 9.88. The Hall–Kier alpha value is -2.10. The number of aromatic nitrogens is 2. The number of hydrogen-bond donors (Lipinski definition) is 0. The first-order chi connectivity index (χ1) is 8.19. The number of carbonyl (C=O) groups excluding carboxylic acids is 1. The van der Waals surface area contributed by atoms with Crippen molar-refractivity contribution < 1.29 is 9.53 Å². The molecular formula is C13H14N2O2. The van der Waals surface area contributed by atoms with E-state index in [2.05, 4.69) is 5.10 Å². The van der Waals surface area contributed by atoms with Gasteiger partial charge in [0.25, 0.3) is 0 Å². The molecule has 0 radical (unpaired) electrons. The first kappa shape index (κ1) is 11.4. The van der Waals surface area contributed by atoms with Gasteiger partial charge in [-0.2, -0.15) is 5.10 Å². The van der Waals surface area contributed by atoms with Gasteiger partial charge in [0.1, 0.15) is 12.0 Å². The van der Waals surface area contributed by atoms with Crippen LogP contribution in [0.25, 0.3) is 0 Å². The van der Waals surface area contributed by atoms with Crippen molar-refractivity contribution in [3.05, 3.63) is 47.3 Å². The van der Waals surface area contributed by atoms with Crippen LogP contribution in [0.2, 0.25) is 0 Å². The van der Waals surface area contributed by atoms with Crippen LogP contribution in [0.1, 0.15) is 21.7 Å². The number of ether oxygens (including phenoxy) is 1. The average molecular weight is 230 g/mol. The van der Waals surface area contributed by atoms with Gasteiger partial charge in [-0.1, -0.05) is 12.1 Å². The highest BCUT2D eigenvalue weighted by Gasteiger charge is 2.01. The minimum Gasteiger partial charge on any atom is -0.471 e. The predicted octanol–water partition coefficient (Wildman–Crippen LogP) is 2.35. The summed E-state index contributed by atoms with van der Waals surface area (Å²) in [5.41, 5.74) is 2.62. The summed E-state index contributed by atoms with van der Waals surface area (Å²) in [6.07, 6.45) is 0.802. The second kappa shape index (κ2) is 4.82. The lowest BCUT2D eigenvalue weighted by molar-refractivity contribution is 0.112. The minimum atomic E-state index is 0.349. The van der Waals surface area contributed by atoms with Crippen LogP contribution in [0, 0.1) is 13.8 Å². The van der Waals surface area contributed by atoms with Crippen LogP contribution in [-0.4, -0.2) is 16.1 Å². The Labute approximate surface area is 99.8 Å². The van der Waals surface area contributed by atoms with Gasteiger partial charge in [0, 0.05) is 11.3 Å². The van der Waals surface area contributed by atoms with Crippen LogP contribution < -0.4 is 4.74 Å². The number of carbonyl (C=O) groups is 1. The van der Waals surface area contributed by atoms with Gasteiger partial charge >= 0.3 is 0 Å². The van der Waals surface area contributed by atoms with Crippen LogP contribution in [0.3, 0.4) is 0 Å². The molecule has 1 aromatic heterocycles. The third-order valence-electron chi connectivity index (χ3n) is 2.45. The molecule has 0 amide bonds. The zero-order chi connectivity index (χ0) is 12.3. The molecule has 1 aromatic carbocycles. The molecule has 0 N–H and O–H groups in total. The predicted molar refractivity (Wildman–Crippen MR) is 64.2 cm³/mol. The lowest BCUT2D eigenvalue weighted by atomic mass is 10.2. The van der Waals surface area contributed by atoms with Gasteiger partial charge in [0.2, 0.25) is 0 Å². The number of rotatable bonds is 4. The molecule has 17 heavy (non-hydrogen) atoms. The maximum atomic E-state index is 10.6. The molecule has 0 atom stereocenters. The number of aryl methyl sites for hydroxylation is 2. The Morgan fingerprint density at radius 2 is 2.18 bits per heavy atom. The van der Waals surface area contributed by atoms with Crippen molar-refractivity contribution in [2.45, 2.75) is 20.6 Å². The molecule has 1 heterocycles. The average Bonchev–Trinajstić information content (AvgIpc) is 2.65. The van der Waals surface area contributed by atoms with E-state index in [4.69, 9.17) is 4.74 Å². The molecule has 2 rings (SSSR count). The number of hydrogen-bond acceptors (Lipinski definition) is 3. The Kier molecular flexibility index (Phi) is 3.23. The minimum absolute atomic E-state index is 0.349. The smallest absolute Gasteiger partial charge is 0.181 e. The fraction of sp³-hybridized carbons (Fsp3) is 0.231. The standard InChI is InChI=1S/C13H14N2O2/c1-10-6-11(2)15(14-10)9-17-13-5-3-4-12(7-13)8-16/h3-8H,9H2,1-2H3. The fourth-order valence-electron chi connectivity index (χ4n) is 1.62. The van der Waals surface area contributed by atoms with E-state index < -0.39 is 0 Å². The summed E-state index contributed by atoms with van der Waals surface area (Å²) in [7, 11) is 0. The molecule has 0 unspecified atom stereocenters. The Bertz CT molecular complexity index is 532. The van der Waals surface area contributed by atoms with Gasteiger partial charge < -0.3 is 4.74 Å². The topological polar surface area (TPSA) is 44.1 Å². The van der Waals surface area contributed by atoms with E-state index in [1.165, 1.54) is 0 Å². The summed E-state index contributed by atoms with van der Waals surface area (Å²) in [4.78, 5) is 10.6. The van der Waals surface area contributed by atoms with Crippen molar-refractivity contribution >= 4 is 6.29 Å². The van der Waals surface area contributed by atoms with Gasteiger partial charge in [0.05, 0.1) is 5.69 Å². The van der Waals surface area contributed by atoms with E-state index in [1.807, 2.05) is 26.0 Å². The molecule has 2 aromatic rings. The third kappa shape index (κ3) is 2.72. The molecule has 0 spiro atoms. The molecule has 0 aliphatic rings. The molecule has 0 aliphatic heterocycles. The molecule has 0 bridgehead atoms. The van der Waals surface area contributed by atoms with Crippen LogP contribution in [0.5, 0.6) is 5.75 Å². The fourth-order valence-corrected chi connectivity index (χ4v) is 1.62. The molecule has 0 saturated heterocycles. The lowest BCUT2D eigenvalue weighted by Gasteiger charge is -2.07. The highest BCUT2D eigenvalue weighted by Crippen LogP contribution is 2.13. The summed E-state index contributed by atoms with van der Waals surface area (Å²) < 4.78 is 7.35. The number of benzene rings is 1. The van der Waals surface area contributed by atoms with Crippen molar-refractivity contribution in [2.75, 3.05) is 0 Å². The van der Waals surface area contributed by atoms with E-state index in [-0.39, 0.29) is 0 Å². The third-order valence-corrected chi connectivity index (χ3v) is 2.45. The van der Waals surface area contributed by atoms with Crippen molar-refractivity contribution in [2.24, 2.45) is 0 Å². The zero-order valence-corrected chi connectivity index (χ0v) is 9.88. The van der Waals surface area contributed by atoms with Crippen LogP contribution >= 0.6 is 0 Å². The molecule has 0 fully saturated rings. The Morgan fingerprint density at radius 1 is 1.35 bits per heavy atom. The summed E-state index contributed by atoms with van der Waals surface area (Å²) >= 11 is 0. The van der Waals surface area contributed by atoms with E-state index in [0.717, 1.165) is 17.7 Å². The van der Waals surface area contributed by atoms with E-state index >= 15 is 0 Å². The van der Waals surface area contributed by atoms with Gasteiger partial charge in [-0.3, -0.25) is 4.79 Å². The molecular weight excluding hydrogens is 216 g/mol. The second-order valence-corrected chi connectivity index (χ2v) is 3.89. The second-order valence-electron chi connectivity index (χ2n) is 3.89. The summed E-state index contributed by atoms with van der Waals surface area (Å²) in [6.45, 7) is 4.27. The van der Waals surface area contributed by atoms with Gasteiger partial charge in [0.15, 0.2) is 6.73 Å². The van der Waals surface area contributed by atoms with Gasteiger partial charge in [-0.25, -0.2) is 4.68 Å². The van der Waals surface area contributed by atoms with Crippen molar-refractivity contribution in [1.82, 2.24) is 9.78 Å². The maximum absolute atomic E-state index is 10.6. The van der Waals surface area contributed by atoms with E-state index in [1.54, 1.807) is 22.9 Å². The highest BCUT2D eigenvalue weighted by molar-refractivity contribution is 5.75. The van der Waals surface area contributed by atoms with Crippen LogP contribution in [0.15, 0.2) is 30.3 Å². The van der Waals surface area contributed by atoms with E-state index in [0.29, 0.717) is 18.0 Å². The Balaban J connectivity index is 2.06. The molecule has 4 nitrogen and oxygen atoms in total. The Morgan fingerprint density at radius 3 is 2.82 bits per heavy atom. The quantitative estimate of drug-likeness (QED) is 0.757. The normalized spacial score (nSPS) is 10.2. The molecule has 0 saturated carbocycles. The monoisotopic (exact) mass is 230 g/mol. The maximum Gasteiger partial charge on any atom is 0.181 e. The lowest BCUT2D eigenvalue weighted by Crippen LogP contribution is -2.08. The SMILES string of the molecule is Cc1cc(C)n(COc2cccc(C=O)c2)n1. The van der Waals surface area contributed by atoms with Crippen LogP contribution in [0.4, 0.5) is 0 Å². The van der Waals surface area contributed by atoms with Crippen molar-refractivity contribution in [1.29, 1.82) is 0 Å². The summed E-state index contributed by atoms with van der Waals surface area (Å²) in [6, 6.07) is 9.05. The molecule has 4 heteroatoms. The first-order valence-electron chi connectivity index (χ1n) is 5.38. The van der Waals surface area contributed by atoms with Crippen LogP contribution in [-0.2, 0) is 6.73 Å². The largest absolute Gasteiger partial charge is 0.471 e. The summed E-state index contributed by atoms with van der Waals surface area (Å²) in [5.74, 6) is 0.669. The number of nitrogens with zero attached hydrogens (tertiary/aromatic N) is 2. The van der Waals surface area contributed by atoms with Gasteiger partial charge in [-0.05, 0) is 32.0 Å². The molecule has 0 aliphatic carbocycles. The first-order valence-corrected chi connectivity index (χ1v) is 5.38. The molecule has 88 valence electrons.